The SMILES string of the molecule is C[C@@]12O[C@]1(C)[C@H]1[C@H]3O[C@H]3[C@@H]2N(C(=O)OCC(Cl)(Cl)Cl)N1C(=O)OCC(Cl)(Cl)Cl. The molecule has 28 heavy (non-hydrogen) atoms. The molecule has 5 aliphatic rings. The lowest BCUT2D eigenvalue weighted by molar-refractivity contribution is -0.119. The highest BCUT2D eigenvalue weighted by molar-refractivity contribution is 6.68. The molecule has 4 aliphatic heterocycles. The third-order valence-electron chi connectivity index (χ3n) is 5.53. The number of carbonyl (C=O) groups excluding carboxylic acids is 2. The lowest BCUT2D eigenvalue weighted by Gasteiger charge is -2.51. The van der Waals surface area contributed by atoms with Crippen LogP contribution in [0.25, 0.3) is 0 Å². The highest BCUT2D eigenvalue weighted by Crippen LogP contribution is 2.68. The van der Waals surface area contributed by atoms with Crippen molar-refractivity contribution in [3.63, 3.8) is 0 Å². The Morgan fingerprint density at radius 1 is 0.857 bits per heavy atom. The number of halogens is 6. The molecular weight excluding hydrogens is 505 g/mol. The van der Waals surface area contributed by atoms with Crippen molar-refractivity contribution < 1.29 is 28.5 Å². The molecule has 1 aliphatic carbocycles. The summed E-state index contributed by atoms with van der Waals surface area (Å²) in [5.41, 5.74) is -1.47. The van der Waals surface area contributed by atoms with Crippen molar-refractivity contribution in [3.05, 3.63) is 0 Å². The van der Waals surface area contributed by atoms with Gasteiger partial charge < -0.3 is 18.9 Å². The zero-order valence-electron chi connectivity index (χ0n) is 14.3. The van der Waals surface area contributed by atoms with Gasteiger partial charge in [0.1, 0.15) is 48.7 Å². The lowest BCUT2D eigenvalue weighted by Crippen LogP contribution is -2.76. The van der Waals surface area contributed by atoms with Crippen LogP contribution in [0.4, 0.5) is 9.59 Å². The molecule has 0 spiro atoms. The molecule has 0 aromatic carbocycles. The molecule has 1 saturated carbocycles. The van der Waals surface area contributed by atoms with E-state index in [2.05, 4.69) is 0 Å². The second-order valence-corrected chi connectivity index (χ2v) is 12.3. The van der Waals surface area contributed by atoms with Crippen LogP contribution in [-0.4, -0.2) is 78.5 Å². The van der Waals surface area contributed by atoms with E-state index in [1.54, 1.807) is 0 Å². The normalized spacial score (nSPS) is 40.6. The summed E-state index contributed by atoms with van der Waals surface area (Å²) in [6.07, 6.45) is -2.47. The quantitative estimate of drug-likeness (QED) is 0.410. The Labute approximate surface area is 190 Å². The van der Waals surface area contributed by atoms with E-state index < -0.39 is 56.3 Å². The van der Waals surface area contributed by atoms with Gasteiger partial charge in [0, 0.05) is 0 Å². The molecule has 0 radical (unpaired) electrons. The van der Waals surface area contributed by atoms with Gasteiger partial charge in [0.05, 0.1) is 0 Å². The van der Waals surface area contributed by atoms with Gasteiger partial charge in [0.15, 0.2) is 0 Å². The van der Waals surface area contributed by atoms with E-state index in [0.29, 0.717) is 0 Å². The summed E-state index contributed by atoms with van der Waals surface area (Å²) in [4.78, 5) is 25.6. The van der Waals surface area contributed by atoms with Gasteiger partial charge in [0.25, 0.3) is 0 Å². The highest BCUT2D eigenvalue weighted by atomic mass is 35.6. The monoisotopic (exact) mass is 516 g/mol. The lowest BCUT2D eigenvalue weighted by atomic mass is 9.72. The molecule has 2 amide bonds. The van der Waals surface area contributed by atoms with Crippen LogP contribution in [-0.2, 0) is 18.9 Å². The number of amides is 2. The summed E-state index contributed by atoms with van der Waals surface area (Å²) in [6, 6.07) is -1.29. The summed E-state index contributed by atoms with van der Waals surface area (Å²) in [6.45, 7) is 2.62. The first-order valence-electron chi connectivity index (χ1n) is 8.11. The standard InChI is InChI=1S/C14H14Cl6N2O6/c1-11-7-5-6(27-5)8(12(11,2)28-11)22(10(24)26-4-14(18,19)20)21(7)9(23)25-3-13(15,16)17/h5-8H,3-4H2,1-2H3/t5-,6+,7+,8-,11+,12-. The topological polar surface area (TPSA) is 84.1 Å². The van der Waals surface area contributed by atoms with Gasteiger partial charge >= 0.3 is 12.2 Å². The van der Waals surface area contributed by atoms with E-state index in [-0.39, 0.29) is 12.2 Å². The first-order valence-corrected chi connectivity index (χ1v) is 10.4. The van der Waals surface area contributed by atoms with Crippen LogP contribution in [0.15, 0.2) is 0 Å². The second-order valence-electron chi connectivity index (χ2n) is 7.30. The summed E-state index contributed by atoms with van der Waals surface area (Å²) in [5.74, 6) is 0. The number of carbonyl (C=O) groups is 2. The molecular formula is C14H14Cl6N2O6. The van der Waals surface area contributed by atoms with Gasteiger partial charge in [-0.15, -0.1) is 0 Å². The molecule has 5 fully saturated rings. The van der Waals surface area contributed by atoms with Gasteiger partial charge in [-0.2, -0.15) is 0 Å². The molecule has 0 unspecified atom stereocenters. The minimum atomic E-state index is -1.82. The number of hydrazine groups is 1. The number of alkyl halides is 6. The average Bonchev–Trinajstić information content (AvgIpc) is 3.42. The molecule has 14 heteroatoms. The van der Waals surface area contributed by atoms with Crippen molar-refractivity contribution >= 4 is 81.8 Å². The molecule has 0 aromatic heterocycles. The molecule has 6 atom stereocenters. The van der Waals surface area contributed by atoms with Crippen molar-refractivity contribution in [3.8, 4) is 0 Å². The maximum atomic E-state index is 12.8. The van der Waals surface area contributed by atoms with Gasteiger partial charge in [-0.1, -0.05) is 69.6 Å². The number of nitrogens with zero attached hydrogens (tertiary/aromatic N) is 2. The first-order chi connectivity index (χ1) is 12.7. The fraction of sp³-hybridized carbons (Fsp3) is 0.857. The minimum Gasteiger partial charge on any atom is -0.444 e. The summed E-state index contributed by atoms with van der Waals surface area (Å²) in [5, 5.41) is 2.18. The molecule has 4 saturated heterocycles. The Hall–Kier alpha value is 0.200. The fourth-order valence-electron chi connectivity index (χ4n) is 4.23. The largest absolute Gasteiger partial charge is 0.444 e. The van der Waals surface area contributed by atoms with Crippen molar-refractivity contribution in [2.24, 2.45) is 0 Å². The Morgan fingerprint density at radius 3 is 1.54 bits per heavy atom. The molecule has 5 rings (SSSR count). The number of hydrogen-bond donors (Lipinski definition) is 0. The fourth-order valence-corrected chi connectivity index (χ4v) is 4.56. The molecule has 4 heterocycles. The maximum absolute atomic E-state index is 12.8. The van der Waals surface area contributed by atoms with E-state index >= 15 is 0 Å². The molecule has 158 valence electrons. The van der Waals surface area contributed by atoms with E-state index in [1.165, 1.54) is 0 Å². The summed E-state index contributed by atoms with van der Waals surface area (Å²) >= 11 is 33.9. The van der Waals surface area contributed by atoms with E-state index in [4.69, 9.17) is 88.6 Å². The van der Waals surface area contributed by atoms with Crippen molar-refractivity contribution in [2.75, 3.05) is 13.2 Å². The van der Waals surface area contributed by atoms with E-state index in [9.17, 15) is 9.59 Å². The Bertz CT molecular complexity index is 672. The van der Waals surface area contributed by atoms with Crippen LogP contribution < -0.4 is 0 Å². The van der Waals surface area contributed by atoms with Gasteiger partial charge in [0.2, 0.25) is 7.59 Å². The Morgan fingerprint density at radius 2 is 1.21 bits per heavy atom. The molecule has 2 bridgehead atoms. The van der Waals surface area contributed by atoms with Gasteiger partial charge in [-0.3, -0.25) is 0 Å². The predicted octanol–water partition coefficient (Wildman–Crippen LogP) is 3.60. The van der Waals surface area contributed by atoms with Crippen LogP contribution in [0.5, 0.6) is 0 Å². The summed E-state index contributed by atoms with van der Waals surface area (Å²) in [7, 11) is 0. The molecule has 0 N–H and O–H groups in total. The predicted molar refractivity (Wildman–Crippen MR) is 101 cm³/mol. The zero-order chi connectivity index (χ0) is 20.9. The number of fused-ring (bicyclic) bond motifs is 1. The second kappa shape index (κ2) is 6.36. The van der Waals surface area contributed by atoms with Gasteiger partial charge in [-0.05, 0) is 13.8 Å². The number of hydrogen-bond acceptors (Lipinski definition) is 6. The van der Waals surface area contributed by atoms with Gasteiger partial charge in [-0.25, -0.2) is 19.6 Å². The van der Waals surface area contributed by atoms with Crippen LogP contribution in [0.1, 0.15) is 13.8 Å². The average molecular weight is 519 g/mol. The maximum Gasteiger partial charge on any atom is 0.429 e. The minimum absolute atomic E-state index is 0.317. The van der Waals surface area contributed by atoms with E-state index in [0.717, 1.165) is 10.0 Å². The smallest absolute Gasteiger partial charge is 0.429 e. The first kappa shape index (κ1) is 21.4. The van der Waals surface area contributed by atoms with Crippen LogP contribution in [0.2, 0.25) is 0 Å². The number of epoxide rings is 2. The Kier molecular flexibility index (Phi) is 4.87. The van der Waals surface area contributed by atoms with E-state index in [1.807, 2.05) is 13.8 Å². The third-order valence-corrected chi connectivity index (χ3v) is 6.19. The number of ether oxygens (including phenoxy) is 4. The molecule has 8 nitrogen and oxygen atoms in total. The van der Waals surface area contributed by atoms with Crippen LogP contribution >= 0.6 is 69.6 Å². The van der Waals surface area contributed by atoms with Crippen molar-refractivity contribution in [1.82, 2.24) is 10.0 Å². The number of rotatable bonds is 2. The van der Waals surface area contributed by atoms with Crippen molar-refractivity contribution in [1.29, 1.82) is 0 Å². The van der Waals surface area contributed by atoms with Crippen molar-refractivity contribution in [2.45, 2.75) is 56.9 Å². The zero-order valence-corrected chi connectivity index (χ0v) is 18.9. The van der Waals surface area contributed by atoms with Crippen LogP contribution in [0, 0.1) is 0 Å². The molecule has 0 aromatic rings. The highest BCUT2D eigenvalue weighted by Gasteiger charge is 2.89. The van der Waals surface area contributed by atoms with Crippen LogP contribution in [0.3, 0.4) is 0 Å². The Balaban J connectivity index is 1.62. The third kappa shape index (κ3) is 3.28. The summed E-state index contributed by atoms with van der Waals surface area (Å²) < 4.78 is 18.2.